The summed E-state index contributed by atoms with van der Waals surface area (Å²) >= 11 is 0. The summed E-state index contributed by atoms with van der Waals surface area (Å²) in [5.74, 6) is 0.221. The van der Waals surface area contributed by atoms with Crippen LogP contribution in [0.5, 0.6) is 0 Å². The second kappa shape index (κ2) is 10.0. The Morgan fingerprint density at radius 2 is 1.86 bits per heavy atom. The highest BCUT2D eigenvalue weighted by Gasteiger charge is 2.51. The number of fused-ring (bicyclic) bond motifs is 6. The molecule has 5 heterocycles. The van der Waals surface area contributed by atoms with E-state index in [1.165, 1.54) is 12.8 Å². The molecular weight excluding hydrogens is 542 g/mol. The summed E-state index contributed by atoms with van der Waals surface area (Å²) in [7, 11) is 0. The van der Waals surface area contributed by atoms with Gasteiger partial charge in [0.1, 0.15) is 11.9 Å². The number of nitrogens with zero attached hydrogens (tertiary/aromatic N) is 4. The van der Waals surface area contributed by atoms with E-state index in [2.05, 4.69) is 30.7 Å². The average molecular weight is 576 g/mol. The minimum Gasteiger partial charge on any atom is -0.340 e. The monoisotopic (exact) mass is 575 g/mol. The van der Waals surface area contributed by atoms with Crippen molar-refractivity contribution in [1.82, 2.24) is 30.3 Å². The molecule has 1 aliphatic carbocycles. The molecule has 0 radical (unpaired) electrons. The Morgan fingerprint density at radius 1 is 1.02 bits per heavy atom. The molecule has 2 aromatic carbocycles. The number of benzene rings is 2. The Kier molecular flexibility index (Phi) is 6.08. The maximum atomic E-state index is 14.0. The molecule has 1 fully saturated rings. The number of aromatic nitrogens is 3. The fourth-order valence-electron chi connectivity index (χ4n) is 7.52. The van der Waals surface area contributed by atoms with Crippen LogP contribution in [0.1, 0.15) is 51.0 Å². The number of aromatic amines is 1. The molecule has 3 amide bonds. The Morgan fingerprint density at radius 3 is 2.74 bits per heavy atom. The predicted octanol–water partition coefficient (Wildman–Crippen LogP) is 2.73. The third-order valence-corrected chi connectivity index (χ3v) is 9.85. The van der Waals surface area contributed by atoms with E-state index < -0.39 is 11.5 Å². The maximum absolute atomic E-state index is 14.0. The van der Waals surface area contributed by atoms with E-state index in [1.54, 1.807) is 12.3 Å². The van der Waals surface area contributed by atoms with Gasteiger partial charge in [0.05, 0.1) is 17.1 Å². The summed E-state index contributed by atoms with van der Waals surface area (Å²) in [4.78, 5) is 49.5. The highest BCUT2D eigenvalue weighted by atomic mass is 16.2. The zero-order valence-electron chi connectivity index (χ0n) is 23.9. The lowest BCUT2D eigenvalue weighted by molar-refractivity contribution is -0.133. The number of pyridine rings is 1. The molecular formula is C33H33N7O3. The normalized spacial score (nSPS) is 22.9. The largest absolute Gasteiger partial charge is 0.340 e. The molecule has 1 spiro atoms. The quantitative estimate of drug-likeness (QED) is 0.336. The number of H-pyrrole nitrogens is 1. The van der Waals surface area contributed by atoms with E-state index in [0.717, 1.165) is 58.4 Å². The second-order valence-corrected chi connectivity index (χ2v) is 12.3. The third-order valence-electron chi connectivity index (χ3n) is 9.85. The number of carbonyl (C=O) groups is 3. The summed E-state index contributed by atoms with van der Waals surface area (Å²) in [6.45, 7) is 4.05. The summed E-state index contributed by atoms with van der Waals surface area (Å²) < 4.78 is 0. The summed E-state index contributed by atoms with van der Waals surface area (Å²) in [5, 5.41) is 14.3. The van der Waals surface area contributed by atoms with Crippen molar-refractivity contribution in [3.63, 3.8) is 0 Å². The van der Waals surface area contributed by atoms with Crippen molar-refractivity contribution >= 4 is 34.4 Å². The molecule has 2 aromatic heterocycles. The number of anilines is 1. The van der Waals surface area contributed by atoms with Gasteiger partial charge in [-0.2, -0.15) is 5.10 Å². The molecule has 0 saturated carbocycles. The molecule has 43 heavy (non-hydrogen) atoms. The minimum absolute atomic E-state index is 0.0492. The van der Waals surface area contributed by atoms with Crippen LogP contribution >= 0.6 is 0 Å². The molecule has 10 heteroatoms. The van der Waals surface area contributed by atoms with E-state index in [9.17, 15) is 14.4 Å². The second-order valence-electron chi connectivity index (χ2n) is 12.3. The van der Waals surface area contributed by atoms with Crippen LogP contribution in [-0.4, -0.2) is 74.9 Å². The Hall–Kier alpha value is -4.57. The molecule has 1 unspecified atom stereocenters. The first-order valence-electron chi connectivity index (χ1n) is 15.1. The van der Waals surface area contributed by atoms with Gasteiger partial charge in [-0.1, -0.05) is 18.2 Å². The van der Waals surface area contributed by atoms with Gasteiger partial charge >= 0.3 is 0 Å². The number of amides is 3. The standard InChI is InChI=1S/C33H33N7O3/c41-30(21-5-6-22-16-33(17-23(22)14-21)26-4-3-9-34-29(26)37-32(33)43)36-28-15-20-7-8-27-24(18-35-38-27)25(20)19-40(31(28)42)13-12-39-10-1-2-11-39/h3-9,14,18,28H,1-2,10-13,15-17,19H2,(H,35,38)(H,36,41)(H,34,37,43)/t28-,33?/m1/s1. The van der Waals surface area contributed by atoms with Crippen molar-refractivity contribution < 1.29 is 14.4 Å². The van der Waals surface area contributed by atoms with Crippen molar-refractivity contribution in [3.05, 3.63) is 88.2 Å². The number of carbonyl (C=O) groups excluding carboxylic acids is 3. The SMILES string of the molecule is O=C(N[C@@H]1Cc2ccc3[nH]ncc3c2CN(CCN2CCCC2)C1=O)c1ccc2c(c1)CC1(C2)C(=O)Nc2ncccc21. The molecule has 2 atom stereocenters. The highest BCUT2D eigenvalue weighted by Crippen LogP contribution is 2.46. The van der Waals surface area contributed by atoms with Crippen LogP contribution in [-0.2, 0) is 40.8 Å². The Labute approximate surface area is 248 Å². The molecule has 10 nitrogen and oxygen atoms in total. The maximum Gasteiger partial charge on any atom is 0.251 e. The van der Waals surface area contributed by atoms with Gasteiger partial charge in [0.25, 0.3) is 5.91 Å². The number of rotatable bonds is 5. The van der Waals surface area contributed by atoms with Crippen molar-refractivity contribution in [2.75, 3.05) is 31.5 Å². The van der Waals surface area contributed by atoms with Crippen LogP contribution in [0, 0.1) is 0 Å². The lowest BCUT2D eigenvalue weighted by Crippen LogP contribution is -2.49. The highest BCUT2D eigenvalue weighted by molar-refractivity contribution is 6.06. The van der Waals surface area contributed by atoms with E-state index in [1.807, 2.05) is 47.5 Å². The third kappa shape index (κ3) is 4.31. The van der Waals surface area contributed by atoms with E-state index >= 15 is 0 Å². The van der Waals surface area contributed by atoms with Gasteiger partial charge in [0.2, 0.25) is 11.8 Å². The fourth-order valence-corrected chi connectivity index (χ4v) is 7.52. The Balaban J connectivity index is 1.06. The molecule has 3 aliphatic heterocycles. The molecule has 3 N–H and O–H groups in total. The molecule has 1 saturated heterocycles. The first-order valence-corrected chi connectivity index (χ1v) is 15.1. The number of hydrogen-bond acceptors (Lipinski definition) is 6. The lowest BCUT2D eigenvalue weighted by atomic mass is 9.79. The van der Waals surface area contributed by atoms with Crippen LogP contribution in [0.3, 0.4) is 0 Å². The molecule has 4 aliphatic rings. The molecule has 0 bridgehead atoms. The molecule has 8 rings (SSSR count). The van der Waals surface area contributed by atoms with Crippen LogP contribution in [0.15, 0.2) is 54.9 Å². The van der Waals surface area contributed by atoms with E-state index in [0.29, 0.717) is 43.7 Å². The van der Waals surface area contributed by atoms with Gasteiger partial charge in [0, 0.05) is 48.8 Å². The Bertz CT molecular complexity index is 1790. The lowest BCUT2D eigenvalue weighted by Gasteiger charge is -2.27. The van der Waals surface area contributed by atoms with Crippen LogP contribution < -0.4 is 10.6 Å². The summed E-state index contributed by atoms with van der Waals surface area (Å²) in [6.07, 6.45) is 7.39. The minimum atomic E-state index is -0.698. The van der Waals surface area contributed by atoms with Crippen molar-refractivity contribution in [3.8, 4) is 0 Å². The first kappa shape index (κ1) is 26.1. The number of likely N-dealkylation sites (tertiary alicyclic amines) is 1. The van der Waals surface area contributed by atoms with Gasteiger partial charge in [-0.25, -0.2) is 4.98 Å². The molecule has 218 valence electrons. The topological polar surface area (TPSA) is 123 Å². The van der Waals surface area contributed by atoms with Crippen LogP contribution in [0.4, 0.5) is 5.82 Å². The van der Waals surface area contributed by atoms with Gasteiger partial charge in [-0.15, -0.1) is 0 Å². The van der Waals surface area contributed by atoms with E-state index in [-0.39, 0.29) is 17.7 Å². The van der Waals surface area contributed by atoms with Gasteiger partial charge in [-0.05, 0) is 85.3 Å². The first-order chi connectivity index (χ1) is 21.0. The zero-order valence-corrected chi connectivity index (χ0v) is 23.9. The zero-order chi connectivity index (χ0) is 29.1. The van der Waals surface area contributed by atoms with Crippen molar-refractivity contribution in [1.29, 1.82) is 0 Å². The summed E-state index contributed by atoms with van der Waals surface area (Å²) in [6, 6.07) is 12.8. The van der Waals surface area contributed by atoms with Crippen molar-refractivity contribution in [2.45, 2.75) is 50.1 Å². The van der Waals surface area contributed by atoms with Crippen LogP contribution in [0.2, 0.25) is 0 Å². The smallest absolute Gasteiger partial charge is 0.251 e. The summed E-state index contributed by atoms with van der Waals surface area (Å²) in [5.41, 5.74) is 5.82. The predicted molar refractivity (Wildman–Crippen MR) is 161 cm³/mol. The van der Waals surface area contributed by atoms with Gasteiger partial charge < -0.3 is 20.4 Å². The van der Waals surface area contributed by atoms with Gasteiger partial charge in [-0.3, -0.25) is 19.5 Å². The average Bonchev–Trinajstić information content (AvgIpc) is 3.81. The van der Waals surface area contributed by atoms with Crippen molar-refractivity contribution in [2.24, 2.45) is 0 Å². The van der Waals surface area contributed by atoms with Gasteiger partial charge in [0.15, 0.2) is 0 Å². The fraction of sp³-hybridized carbons (Fsp3) is 0.364. The number of hydrogen-bond donors (Lipinski definition) is 3. The van der Waals surface area contributed by atoms with Crippen LogP contribution in [0.25, 0.3) is 10.9 Å². The molecule has 4 aromatic rings. The number of nitrogens with one attached hydrogen (secondary N) is 3. The van der Waals surface area contributed by atoms with E-state index in [4.69, 9.17) is 0 Å².